The Kier molecular flexibility index (Phi) is 2.09. The van der Waals surface area contributed by atoms with Crippen molar-refractivity contribution < 1.29 is 0 Å². The van der Waals surface area contributed by atoms with Gasteiger partial charge in [0, 0.05) is 11.6 Å². The lowest BCUT2D eigenvalue weighted by Crippen LogP contribution is -2.09. The van der Waals surface area contributed by atoms with E-state index in [0.29, 0.717) is 0 Å². The van der Waals surface area contributed by atoms with E-state index in [4.69, 9.17) is 5.84 Å². The molecule has 1 aromatic carbocycles. The topological polar surface area (TPSA) is 50.9 Å². The number of benzene rings is 1. The Morgan fingerprint density at radius 2 is 2.07 bits per heavy atom. The monoisotopic (exact) mass is 187 g/mol. The molecule has 2 aromatic rings. The Bertz CT molecular complexity index is 477. The summed E-state index contributed by atoms with van der Waals surface area (Å²) in [4.78, 5) is 4.18. The van der Waals surface area contributed by atoms with Crippen LogP contribution in [-0.2, 0) is 0 Å². The number of aryl methyl sites for hydroxylation is 2. The van der Waals surface area contributed by atoms with Crippen molar-refractivity contribution in [2.75, 3.05) is 5.43 Å². The molecule has 72 valence electrons. The maximum Gasteiger partial charge on any atom is 0.148 e. The van der Waals surface area contributed by atoms with Crippen molar-refractivity contribution >= 4 is 16.6 Å². The predicted octanol–water partition coefficient (Wildman–Crippen LogP) is 2.14. The lowest BCUT2D eigenvalue weighted by atomic mass is 10.0. The van der Waals surface area contributed by atoms with E-state index in [9.17, 15) is 0 Å². The van der Waals surface area contributed by atoms with Crippen LogP contribution in [0.4, 0.5) is 5.82 Å². The van der Waals surface area contributed by atoms with E-state index < -0.39 is 0 Å². The molecule has 0 saturated carbocycles. The number of pyridine rings is 1. The van der Waals surface area contributed by atoms with Crippen LogP contribution in [0.25, 0.3) is 10.8 Å². The number of nitrogens with two attached hydrogens (primary N) is 1. The average Bonchev–Trinajstić information content (AvgIpc) is 2.16. The van der Waals surface area contributed by atoms with Gasteiger partial charge < -0.3 is 5.43 Å². The van der Waals surface area contributed by atoms with Crippen molar-refractivity contribution in [3.63, 3.8) is 0 Å². The van der Waals surface area contributed by atoms with E-state index in [0.717, 1.165) is 11.2 Å². The Labute approximate surface area is 82.9 Å². The molecule has 1 aromatic heterocycles. The summed E-state index contributed by atoms with van der Waals surface area (Å²) in [5, 5.41) is 2.27. The largest absolute Gasteiger partial charge is 0.308 e. The third kappa shape index (κ3) is 1.32. The van der Waals surface area contributed by atoms with Gasteiger partial charge in [-0.1, -0.05) is 17.7 Å². The van der Waals surface area contributed by atoms with Crippen molar-refractivity contribution in [3.05, 3.63) is 35.5 Å². The number of fused-ring (bicyclic) bond motifs is 1. The van der Waals surface area contributed by atoms with Crippen LogP contribution in [0.1, 0.15) is 11.1 Å². The highest BCUT2D eigenvalue weighted by Crippen LogP contribution is 2.25. The molecule has 0 radical (unpaired) electrons. The molecule has 0 amide bonds. The van der Waals surface area contributed by atoms with Crippen LogP contribution in [0, 0.1) is 13.8 Å². The lowest BCUT2D eigenvalue weighted by molar-refractivity contribution is 1.24. The van der Waals surface area contributed by atoms with Crippen LogP contribution in [0.3, 0.4) is 0 Å². The van der Waals surface area contributed by atoms with Gasteiger partial charge in [0.2, 0.25) is 0 Å². The normalized spacial score (nSPS) is 10.5. The van der Waals surface area contributed by atoms with Crippen LogP contribution in [-0.4, -0.2) is 4.98 Å². The molecule has 3 N–H and O–H groups in total. The van der Waals surface area contributed by atoms with Gasteiger partial charge in [-0.2, -0.15) is 0 Å². The zero-order valence-corrected chi connectivity index (χ0v) is 8.33. The number of hydrogen-bond acceptors (Lipinski definition) is 3. The molecule has 3 nitrogen and oxygen atoms in total. The predicted molar refractivity (Wildman–Crippen MR) is 59.0 cm³/mol. The zero-order valence-electron chi connectivity index (χ0n) is 8.33. The molecule has 0 spiro atoms. The second-order valence-corrected chi connectivity index (χ2v) is 3.48. The van der Waals surface area contributed by atoms with E-state index in [-0.39, 0.29) is 0 Å². The van der Waals surface area contributed by atoms with Gasteiger partial charge in [-0.15, -0.1) is 0 Å². The van der Waals surface area contributed by atoms with E-state index in [1.807, 2.05) is 6.07 Å². The van der Waals surface area contributed by atoms with Gasteiger partial charge in [-0.25, -0.2) is 10.8 Å². The molecule has 2 rings (SSSR count). The summed E-state index contributed by atoms with van der Waals surface area (Å²) in [5.41, 5.74) is 5.07. The minimum Gasteiger partial charge on any atom is -0.308 e. The average molecular weight is 187 g/mol. The third-order valence-electron chi connectivity index (χ3n) is 2.34. The van der Waals surface area contributed by atoms with Crippen LogP contribution < -0.4 is 11.3 Å². The highest BCUT2D eigenvalue weighted by atomic mass is 15.2. The number of nitrogens with zero attached hydrogens (tertiary/aromatic N) is 1. The van der Waals surface area contributed by atoms with Crippen LogP contribution in [0.2, 0.25) is 0 Å². The Balaban J connectivity index is 2.87. The Hall–Kier alpha value is -1.61. The number of aromatic nitrogens is 1. The van der Waals surface area contributed by atoms with Crippen molar-refractivity contribution in [1.29, 1.82) is 0 Å². The highest BCUT2D eigenvalue weighted by Gasteiger charge is 2.04. The smallest absolute Gasteiger partial charge is 0.148 e. The molecule has 0 aliphatic heterocycles. The maximum absolute atomic E-state index is 5.41. The molecule has 0 unspecified atom stereocenters. The van der Waals surface area contributed by atoms with Gasteiger partial charge in [-0.05, 0) is 30.9 Å². The first kappa shape index (κ1) is 8.97. The number of rotatable bonds is 1. The quantitative estimate of drug-likeness (QED) is 0.531. The van der Waals surface area contributed by atoms with Gasteiger partial charge in [0.15, 0.2) is 0 Å². The molecule has 0 aliphatic rings. The molecular formula is C11H13N3. The van der Waals surface area contributed by atoms with E-state index in [1.165, 1.54) is 16.5 Å². The number of hydrogen-bond donors (Lipinski definition) is 2. The number of nitrogen functional groups attached to an aromatic ring is 1. The van der Waals surface area contributed by atoms with Crippen LogP contribution >= 0.6 is 0 Å². The Morgan fingerprint density at radius 1 is 1.29 bits per heavy atom. The second kappa shape index (κ2) is 3.27. The van der Waals surface area contributed by atoms with Crippen LogP contribution in [0.15, 0.2) is 24.4 Å². The van der Waals surface area contributed by atoms with Gasteiger partial charge in [0.25, 0.3) is 0 Å². The Morgan fingerprint density at radius 3 is 2.79 bits per heavy atom. The van der Waals surface area contributed by atoms with Crippen molar-refractivity contribution in [2.24, 2.45) is 5.84 Å². The van der Waals surface area contributed by atoms with Gasteiger partial charge in [0.1, 0.15) is 5.82 Å². The molecule has 0 atom stereocenters. The molecule has 0 bridgehead atoms. The molecular weight excluding hydrogens is 174 g/mol. The van der Waals surface area contributed by atoms with Crippen LogP contribution in [0.5, 0.6) is 0 Å². The standard InChI is InChI=1S/C11H13N3/c1-7-5-8(2)10-9(6-7)3-4-13-11(10)14-12/h3-6H,12H2,1-2H3,(H,13,14). The molecule has 14 heavy (non-hydrogen) atoms. The second-order valence-electron chi connectivity index (χ2n) is 3.48. The fourth-order valence-electron chi connectivity index (χ4n) is 1.82. The minimum atomic E-state index is 0.736. The summed E-state index contributed by atoms with van der Waals surface area (Å²) in [6.07, 6.45) is 1.76. The molecule has 0 saturated heterocycles. The fourth-order valence-corrected chi connectivity index (χ4v) is 1.82. The first-order valence-electron chi connectivity index (χ1n) is 4.55. The van der Waals surface area contributed by atoms with E-state index in [1.54, 1.807) is 6.20 Å². The molecule has 1 heterocycles. The summed E-state index contributed by atoms with van der Waals surface area (Å²) in [5.74, 6) is 6.15. The molecule has 3 heteroatoms. The summed E-state index contributed by atoms with van der Waals surface area (Å²) in [7, 11) is 0. The number of nitrogens with one attached hydrogen (secondary N) is 1. The van der Waals surface area contributed by atoms with E-state index >= 15 is 0 Å². The maximum atomic E-state index is 5.41. The minimum absolute atomic E-state index is 0.736. The SMILES string of the molecule is Cc1cc(C)c2c(NN)nccc2c1. The number of anilines is 1. The number of hydrazine groups is 1. The first-order valence-corrected chi connectivity index (χ1v) is 4.55. The molecule has 0 aliphatic carbocycles. The summed E-state index contributed by atoms with van der Waals surface area (Å²) in [6, 6.07) is 6.26. The van der Waals surface area contributed by atoms with Gasteiger partial charge in [0.05, 0.1) is 0 Å². The summed E-state index contributed by atoms with van der Waals surface area (Å²) >= 11 is 0. The first-order chi connectivity index (χ1) is 6.72. The van der Waals surface area contributed by atoms with Crippen molar-refractivity contribution in [3.8, 4) is 0 Å². The highest BCUT2D eigenvalue weighted by molar-refractivity contribution is 5.94. The lowest BCUT2D eigenvalue weighted by Gasteiger charge is -2.08. The fraction of sp³-hybridized carbons (Fsp3) is 0.182. The van der Waals surface area contributed by atoms with Gasteiger partial charge >= 0.3 is 0 Å². The van der Waals surface area contributed by atoms with E-state index in [2.05, 4.69) is 36.4 Å². The molecule has 0 fully saturated rings. The third-order valence-corrected chi connectivity index (χ3v) is 2.34. The summed E-state index contributed by atoms with van der Waals surface area (Å²) < 4.78 is 0. The van der Waals surface area contributed by atoms with Gasteiger partial charge in [-0.3, -0.25) is 0 Å². The van der Waals surface area contributed by atoms with Crippen molar-refractivity contribution in [1.82, 2.24) is 4.98 Å². The van der Waals surface area contributed by atoms with Crippen molar-refractivity contribution in [2.45, 2.75) is 13.8 Å². The zero-order chi connectivity index (χ0) is 10.1. The summed E-state index contributed by atoms with van der Waals surface area (Å²) in [6.45, 7) is 4.15.